The van der Waals surface area contributed by atoms with Crippen LogP contribution >= 0.6 is 11.5 Å². The second kappa shape index (κ2) is 6.43. The van der Waals surface area contributed by atoms with Crippen LogP contribution in [0.3, 0.4) is 0 Å². The zero-order chi connectivity index (χ0) is 18.1. The molecule has 0 aliphatic heterocycles. The smallest absolute Gasteiger partial charge is 0.215 e. The van der Waals surface area contributed by atoms with Gasteiger partial charge in [-0.15, -0.1) is 4.18 Å². The summed E-state index contributed by atoms with van der Waals surface area (Å²) in [5.74, 6) is -0.655. The van der Waals surface area contributed by atoms with Crippen LogP contribution in [0.25, 0.3) is 5.00 Å². The van der Waals surface area contributed by atoms with E-state index in [0.29, 0.717) is 18.1 Å². The van der Waals surface area contributed by atoms with Gasteiger partial charge in [0.15, 0.2) is 11.8 Å². The first-order valence-electron chi connectivity index (χ1n) is 7.66. The molecule has 0 aliphatic rings. The molecule has 0 spiro atoms. The highest BCUT2D eigenvalue weighted by Gasteiger charge is 2.15. The van der Waals surface area contributed by atoms with E-state index >= 15 is 0 Å². The molecule has 136 valence electrons. The van der Waals surface area contributed by atoms with E-state index in [4.69, 9.17) is 0 Å². The molecule has 0 atom stereocenters. The van der Waals surface area contributed by atoms with Crippen molar-refractivity contribution in [1.29, 1.82) is 0 Å². The summed E-state index contributed by atoms with van der Waals surface area (Å²) in [6.07, 6.45) is 1.52. The Morgan fingerprint density at radius 2 is 1.44 bits per heavy atom. The summed E-state index contributed by atoms with van der Waals surface area (Å²) in [7, 11) is 0. The van der Waals surface area contributed by atoms with E-state index in [0.717, 1.165) is 4.68 Å². The summed E-state index contributed by atoms with van der Waals surface area (Å²) in [6, 6.07) is 5.43. The molecule has 3 heterocycles. The number of hydrogen-bond acceptors (Lipinski definition) is 6. The fourth-order valence-corrected chi connectivity index (χ4v) is 3.49. The Labute approximate surface area is 147 Å². The molecule has 0 fully saturated rings. The lowest BCUT2D eigenvalue weighted by atomic mass is 10.6. The monoisotopic (exact) mass is 368 g/mol. The fourth-order valence-electron chi connectivity index (χ4n) is 2.43. The molecule has 0 unspecified atom stereocenters. The maximum Gasteiger partial charge on any atom is 0.215 e. The average Bonchev–Trinajstić information content (AvgIpc) is 3.10. The average molecular weight is 368 g/mol. The van der Waals surface area contributed by atoms with E-state index in [2.05, 4.69) is 5.21 Å². The molecule has 0 aromatic carbocycles. The summed E-state index contributed by atoms with van der Waals surface area (Å²) in [5, 5.41) is 45.4. The topological polar surface area (TPSA) is 120 Å². The number of nitrogens with one attached hydrogen (secondary N) is 1. The SMILES string of the molecule is CCN(CC)n1[nH]n(-n2c(O)ccc2O)cc(-n2c(O)ccc2O)s1. The van der Waals surface area contributed by atoms with Crippen molar-refractivity contribution >= 4 is 11.5 Å². The zero-order valence-corrected chi connectivity index (χ0v) is 14.6. The van der Waals surface area contributed by atoms with Gasteiger partial charge in [0.2, 0.25) is 11.8 Å². The normalized spacial score (nSPS) is 11.0. The minimum Gasteiger partial charge on any atom is -0.494 e. The predicted octanol–water partition coefficient (Wildman–Crippen LogP) is 1.51. The van der Waals surface area contributed by atoms with E-state index in [9.17, 15) is 20.4 Å². The van der Waals surface area contributed by atoms with Gasteiger partial charge in [0.25, 0.3) is 0 Å². The van der Waals surface area contributed by atoms with Crippen molar-refractivity contribution < 1.29 is 20.4 Å². The predicted molar refractivity (Wildman–Crippen MR) is 92.8 cm³/mol. The van der Waals surface area contributed by atoms with Gasteiger partial charge in [-0.25, -0.2) is 4.57 Å². The van der Waals surface area contributed by atoms with Gasteiger partial charge in [0.1, 0.15) is 5.00 Å². The summed E-state index contributed by atoms with van der Waals surface area (Å²) in [6.45, 7) is 5.32. The summed E-state index contributed by atoms with van der Waals surface area (Å²) < 4.78 is 4.05. The molecule has 0 amide bonds. The Morgan fingerprint density at radius 1 is 0.920 bits per heavy atom. The van der Waals surface area contributed by atoms with Crippen LogP contribution in [0, 0.1) is 0 Å². The maximum atomic E-state index is 10.0. The van der Waals surface area contributed by atoms with Crippen LogP contribution in [0.5, 0.6) is 23.5 Å². The maximum absolute atomic E-state index is 10.0. The lowest BCUT2D eigenvalue weighted by Crippen LogP contribution is -2.37. The molecule has 0 aliphatic carbocycles. The van der Waals surface area contributed by atoms with Gasteiger partial charge in [0, 0.05) is 48.9 Å². The standard InChI is InChI=1S/C14H20N6O4S/c1-3-16(4-2)20-15-17(19-12(23)7-8-13(19)24)9-14(25-20)18-10(21)5-6-11(18)22/h5-9,15,21-24H,3-4H2,1-2H3. The molecule has 0 bridgehead atoms. The number of aromatic amines is 1. The molecule has 25 heavy (non-hydrogen) atoms. The van der Waals surface area contributed by atoms with Gasteiger partial charge >= 0.3 is 0 Å². The first kappa shape index (κ1) is 16.8. The Balaban J connectivity index is 2.26. The highest BCUT2D eigenvalue weighted by Crippen LogP contribution is 2.29. The number of aromatic hydroxyl groups is 4. The quantitative estimate of drug-likeness (QED) is 0.468. The zero-order valence-electron chi connectivity index (χ0n) is 13.7. The summed E-state index contributed by atoms with van der Waals surface area (Å²) in [5.41, 5.74) is 0. The van der Waals surface area contributed by atoms with Gasteiger partial charge in [0.05, 0.1) is 6.20 Å². The molecule has 0 saturated heterocycles. The van der Waals surface area contributed by atoms with Gasteiger partial charge in [-0.05, 0) is 13.8 Å². The number of aromatic nitrogens is 5. The van der Waals surface area contributed by atoms with Crippen molar-refractivity contribution in [3.63, 3.8) is 0 Å². The summed E-state index contributed by atoms with van der Waals surface area (Å²) >= 11 is 1.22. The first-order valence-corrected chi connectivity index (χ1v) is 8.43. The van der Waals surface area contributed by atoms with E-state index in [1.807, 2.05) is 18.9 Å². The third kappa shape index (κ3) is 2.89. The molecule has 3 rings (SSSR count). The van der Waals surface area contributed by atoms with Crippen LogP contribution in [0.1, 0.15) is 13.8 Å². The van der Waals surface area contributed by atoms with Gasteiger partial charge in [-0.2, -0.15) is 14.7 Å². The van der Waals surface area contributed by atoms with Crippen molar-refractivity contribution in [2.45, 2.75) is 13.8 Å². The van der Waals surface area contributed by atoms with E-state index in [-0.39, 0.29) is 23.5 Å². The van der Waals surface area contributed by atoms with Crippen LogP contribution < -0.4 is 5.01 Å². The molecule has 3 aromatic heterocycles. The number of rotatable bonds is 5. The fraction of sp³-hybridized carbons (Fsp3) is 0.286. The van der Waals surface area contributed by atoms with Crippen LogP contribution in [-0.2, 0) is 0 Å². The molecule has 11 heteroatoms. The Bertz CT molecular complexity index is 801. The summed E-state index contributed by atoms with van der Waals surface area (Å²) in [4.78, 5) is 1.34. The van der Waals surface area contributed by atoms with E-state index in [1.165, 1.54) is 51.4 Å². The highest BCUT2D eigenvalue weighted by atomic mass is 32.1. The van der Waals surface area contributed by atoms with Crippen LogP contribution in [0.15, 0.2) is 30.5 Å². The molecule has 0 radical (unpaired) electrons. The third-order valence-electron chi connectivity index (χ3n) is 3.68. The number of H-pyrrole nitrogens is 1. The van der Waals surface area contributed by atoms with E-state index < -0.39 is 0 Å². The molecule has 10 nitrogen and oxygen atoms in total. The van der Waals surface area contributed by atoms with Gasteiger partial charge in [-0.1, -0.05) is 0 Å². The molecular formula is C14H20N6O4S. The Morgan fingerprint density at radius 3 is 1.96 bits per heavy atom. The van der Waals surface area contributed by atoms with Crippen LogP contribution in [0.2, 0.25) is 0 Å². The Kier molecular flexibility index (Phi) is 4.31. The first-order chi connectivity index (χ1) is 12.0. The lowest BCUT2D eigenvalue weighted by molar-refractivity contribution is 0.323. The minimum absolute atomic E-state index is 0.140. The van der Waals surface area contributed by atoms with E-state index in [1.54, 1.807) is 4.18 Å². The Hall–Kier alpha value is -3.08. The minimum atomic E-state index is -0.187. The van der Waals surface area contributed by atoms with Crippen molar-refractivity contribution in [1.82, 2.24) is 23.4 Å². The lowest BCUT2D eigenvalue weighted by Gasteiger charge is -2.25. The second-order valence-electron chi connectivity index (χ2n) is 5.16. The molecule has 3 aromatic rings. The second-order valence-corrected chi connectivity index (χ2v) is 6.11. The van der Waals surface area contributed by atoms with Crippen molar-refractivity contribution in [3.8, 4) is 28.5 Å². The van der Waals surface area contributed by atoms with Crippen molar-refractivity contribution in [2.75, 3.05) is 18.1 Å². The van der Waals surface area contributed by atoms with Gasteiger partial charge in [-0.3, -0.25) is 5.01 Å². The third-order valence-corrected chi connectivity index (χ3v) is 4.64. The molecule has 5 N–H and O–H groups in total. The number of nitrogens with zero attached hydrogens (tertiary/aromatic N) is 5. The van der Waals surface area contributed by atoms with Crippen molar-refractivity contribution in [2.24, 2.45) is 0 Å². The van der Waals surface area contributed by atoms with Crippen LogP contribution in [0.4, 0.5) is 0 Å². The molecular weight excluding hydrogens is 348 g/mol. The van der Waals surface area contributed by atoms with Gasteiger partial charge < -0.3 is 20.4 Å². The number of hydrogen-bond donors (Lipinski definition) is 5. The van der Waals surface area contributed by atoms with Crippen LogP contribution in [-0.4, -0.2) is 56.9 Å². The highest BCUT2D eigenvalue weighted by molar-refractivity contribution is 7.08. The van der Waals surface area contributed by atoms with Crippen molar-refractivity contribution in [3.05, 3.63) is 30.5 Å². The molecule has 0 saturated carbocycles. The largest absolute Gasteiger partial charge is 0.494 e.